The molecule has 23 heavy (non-hydrogen) atoms. The number of halogens is 1. The van der Waals surface area contributed by atoms with Crippen LogP contribution in [0.5, 0.6) is 5.75 Å². The lowest BCUT2D eigenvalue weighted by Gasteiger charge is -2.14. The summed E-state index contributed by atoms with van der Waals surface area (Å²) in [5.41, 5.74) is 0.970. The third-order valence-electron chi connectivity index (χ3n) is 3.55. The van der Waals surface area contributed by atoms with Gasteiger partial charge in [-0.2, -0.15) is 0 Å². The van der Waals surface area contributed by atoms with E-state index in [0.717, 1.165) is 21.3 Å². The SMILES string of the molecule is OC(CNc1ccc(Br)cc1)COc1ccc2ccccc2c1. The fraction of sp³-hybridized carbons (Fsp3) is 0.158. The van der Waals surface area contributed by atoms with Gasteiger partial charge >= 0.3 is 0 Å². The van der Waals surface area contributed by atoms with Crippen LogP contribution in [0, 0.1) is 0 Å². The Morgan fingerprint density at radius 3 is 2.48 bits per heavy atom. The number of rotatable bonds is 6. The van der Waals surface area contributed by atoms with Crippen molar-refractivity contribution in [3.63, 3.8) is 0 Å². The molecule has 1 atom stereocenters. The number of benzene rings is 3. The summed E-state index contributed by atoms with van der Waals surface area (Å²) in [5, 5.41) is 15.5. The number of anilines is 1. The molecule has 0 spiro atoms. The highest BCUT2D eigenvalue weighted by Crippen LogP contribution is 2.20. The molecule has 0 saturated carbocycles. The van der Waals surface area contributed by atoms with Gasteiger partial charge in [-0.05, 0) is 47.2 Å². The molecule has 3 nitrogen and oxygen atoms in total. The van der Waals surface area contributed by atoms with Gasteiger partial charge in [0.25, 0.3) is 0 Å². The van der Waals surface area contributed by atoms with Crippen LogP contribution in [0.4, 0.5) is 5.69 Å². The second kappa shape index (κ2) is 7.49. The predicted molar refractivity (Wildman–Crippen MR) is 98.1 cm³/mol. The Bertz CT molecular complexity index is 774. The maximum absolute atomic E-state index is 10.0. The number of ether oxygens (including phenoxy) is 1. The third-order valence-corrected chi connectivity index (χ3v) is 4.08. The lowest BCUT2D eigenvalue weighted by atomic mass is 10.1. The molecule has 0 aliphatic rings. The van der Waals surface area contributed by atoms with Gasteiger partial charge in [0.1, 0.15) is 18.5 Å². The molecule has 0 bridgehead atoms. The van der Waals surface area contributed by atoms with Gasteiger partial charge in [0.15, 0.2) is 0 Å². The predicted octanol–water partition coefficient (Wildman–Crippen LogP) is 4.45. The first-order chi connectivity index (χ1) is 11.2. The van der Waals surface area contributed by atoms with E-state index in [2.05, 4.69) is 27.3 Å². The summed E-state index contributed by atoms with van der Waals surface area (Å²) in [5.74, 6) is 0.770. The number of hydrogen-bond donors (Lipinski definition) is 2. The molecule has 3 aromatic rings. The normalized spacial score (nSPS) is 12.1. The average molecular weight is 372 g/mol. The maximum Gasteiger partial charge on any atom is 0.120 e. The van der Waals surface area contributed by atoms with Crippen molar-refractivity contribution in [2.24, 2.45) is 0 Å². The first-order valence-electron chi connectivity index (χ1n) is 7.50. The Balaban J connectivity index is 1.51. The Hall–Kier alpha value is -2.04. The van der Waals surface area contributed by atoms with Crippen LogP contribution in [0.3, 0.4) is 0 Å². The highest BCUT2D eigenvalue weighted by Gasteiger charge is 2.06. The topological polar surface area (TPSA) is 41.5 Å². The summed E-state index contributed by atoms with van der Waals surface area (Å²) in [4.78, 5) is 0. The fourth-order valence-corrected chi connectivity index (χ4v) is 2.58. The minimum Gasteiger partial charge on any atom is -0.491 e. The zero-order chi connectivity index (χ0) is 16.1. The van der Waals surface area contributed by atoms with Crippen LogP contribution in [-0.2, 0) is 0 Å². The van der Waals surface area contributed by atoms with Gasteiger partial charge in [0, 0.05) is 16.7 Å². The molecule has 0 aliphatic carbocycles. The molecular formula is C19H18BrNO2. The van der Waals surface area contributed by atoms with Crippen LogP contribution >= 0.6 is 15.9 Å². The van der Waals surface area contributed by atoms with Gasteiger partial charge in [-0.15, -0.1) is 0 Å². The minimum absolute atomic E-state index is 0.252. The van der Waals surface area contributed by atoms with E-state index in [0.29, 0.717) is 6.54 Å². The van der Waals surface area contributed by atoms with Gasteiger partial charge in [-0.25, -0.2) is 0 Å². The van der Waals surface area contributed by atoms with Crippen molar-refractivity contribution in [2.45, 2.75) is 6.10 Å². The molecule has 0 aromatic heterocycles. The summed E-state index contributed by atoms with van der Waals surface area (Å²) in [6, 6.07) is 21.9. The third kappa shape index (κ3) is 4.47. The van der Waals surface area contributed by atoms with E-state index in [1.165, 1.54) is 5.39 Å². The van der Waals surface area contributed by atoms with Crippen molar-refractivity contribution in [3.8, 4) is 5.75 Å². The number of aliphatic hydroxyl groups excluding tert-OH is 1. The van der Waals surface area contributed by atoms with Gasteiger partial charge in [-0.1, -0.05) is 46.3 Å². The lowest BCUT2D eigenvalue weighted by molar-refractivity contribution is 0.117. The van der Waals surface area contributed by atoms with E-state index in [1.54, 1.807) is 0 Å². The molecule has 118 valence electrons. The Labute approximate surface area is 144 Å². The smallest absolute Gasteiger partial charge is 0.120 e. The van der Waals surface area contributed by atoms with Crippen molar-refractivity contribution in [1.29, 1.82) is 0 Å². The van der Waals surface area contributed by atoms with E-state index < -0.39 is 6.10 Å². The second-order valence-corrected chi connectivity index (χ2v) is 6.28. The molecule has 0 aliphatic heterocycles. The van der Waals surface area contributed by atoms with E-state index in [1.807, 2.05) is 60.7 Å². The van der Waals surface area contributed by atoms with Crippen molar-refractivity contribution < 1.29 is 9.84 Å². The Morgan fingerprint density at radius 1 is 0.957 bits per heavy atom. The molecule has 3 rings (SSSR count). The van der Waals surface area contributed by atoms with Gasteiger partial charge in [0.2, 0.25) is 0 Å². The van der Waals surface area contributed by atoms with Crippen molar-refractivity contribution in [2.75, 3.05) is 18.5 Å². The molecule has 0 heterocycles. The van der Waals surface area contributed by atoms with Crippen LogP contribution in [0.1, 0.15) is 0 Å². The summed E-state index contributed by atoms with van der Waals surface area (Å²) >= 11 is 3.40. The highest BCUT2D eigenvalue weighted by molar-refractivity contribution is 9.10. The molecule has 0 amide bonds. The first-order valence-corrected chi connectivity index (χ1v) is 8.29. The molecule has 0 radical (unpaired) electrons. The van der Waals surface area contributed by atoms with Crippen molar-refractivity contribution >= 4 is 32.4 Å². The zero-order valence-corrected chi connectivity index (χ0v) is 14.2. The lowest BCUT2D eigenvalue weighted by Crippen LogP contribution is -2.26. The Morgan fingerprint density at radius 2 is 1.70 bits per heavy atom. The molecular weight excluding hydrogens is 354 g/mol. The van der Waals surface area contributed by atoms with E-state index in [-0.39, 0.29) is 6.61 Å². The van der Waals surface area contributed by atoms with Gasteiger partial charge in [-0.3, -0.25) is 0 Å². The van der Waals surface area contributed by atoms with Crippen LogP contribution in [0.2, 0.25) is 0 Å². The number of hydrogen-bond acceptors (Lipinski definition) is 3. The molecule has 4 heteroatoms. The Kier molecular flexibility index (Phi) is 5.16. The summed E-state index contributed by atoms with van der Waals surface area (Å²) in [6.07, 6.45) is -0.579. The number of fused-ring (bicyclic) bond motifs is 1. The molecule has 1 unspecified atom stereocenters. The number of nitrogens with one attached hydrogen (secondary N) is 1. The highest BCUT2D eigenvalue weighted by atomic mass is 79.9. The molecule has 0 fully saturated rings. The van der Waals surface area contributed by atoms with Crippen LogP contribution < -0.4 is 10.1 Å². The summed E-state index contributed by atoms with van der Waals surface area (Å²) in [7, 11) is 0. The van der Waals surface area contributed by atoms with Crippen molar-refractivity contribution in [3.05, 3.63) is 71.2 Å². The average Bonchev–Trinajstić information content (AvgIpc) is 2.59. The maximum atomic E-state index is 10.0. The van der Waals surface area contributed by atoms with Crippen molar-refractivity contribution in [1.82, 2.24) is 0 Å². The number of aliphatic hydroxyl groups is 1. The molecule has 3 aromatic carbocycles. The molecule has 0 saturated heterocycles. The van der Waals surface area contributed by atoms with Crippen LogP contribution in [0.25, 0.3) is 10.8 Å². The van der Waals surface area contributed by atoms with Crippen LogP contribution in [0.15, 0.2) is 71.2 Å². The monoisotopic (exact) mass is 371 g/mol. The van der Waals surface area contributed by atoms with Gasteiger partial charge in [0.05, 0.1) is 0 Å². The summed E-state index contributed by atoms with van der Waals surface area (Å²) in [6.45, 7) is 0.692. The van der Waals surface area contributed by atoms with E-state index in [9.17, 15) is 5.11 Å². The first kappa shape index (κ1) is 15.8. The van der Waals surface area contributed by atoms with Gasteiger partial charge < -0.3 is 15.2 Å². The van der Waals surface area contributed by atoms with Crippen LogP contribution in [-0.4, -0.2) is 24.4 Å². The van der Waals surface area contributed by atoms with E-state index >= 15 is 0 Å². The largest absolute Gasteiger partial charge is 0.491 e. The van der Waals surface area contributed by atoms with E-state index in [4.69, 9.17) is 4.74 Å². The fourth-order valence-electron chi connectivity index (χ4n) is 2.31. The second-order valence-electron chi connectivity index (χ2n) is 5.36. The minimum atomic E-state index is -0.579. The summed E-state index contributed by atoms with van der Waals surface area (Å²) < 4.78 is 6.72. The standard InChI is InChI=1S/C19H18BrNO2/c20-16-6-8-17(9-7-16)21-12-18(22)13-23-19-10-5-14-3-1-2-4-15(14)11-19/h1-11,18,21-22H,12-13H2. The zero-order valence-electron chi connectivity index (χ0n) is 12.6. The quantitative estimate of drug-likeness (QED) is 0.672. The molecule has 2 N–H and O–H groups in total.